The van der Waals surface area contributed by atoms with Crippen LogP contribution in [0.4, 0.5) is 5.69 Å². The molecule has 1 aliphatic heterocycles. The van der Waals surface area contributed by atoms with Gasteiger partial charge in [0.2, 0.25) is 0 Å². The van der Waals surface area contributed by atoms with E-state index >= 15 is 0 Å². The van der Waals surface area contributed by atoms with Crippen LogP contribution < -0.4 is 15.0 Å². The van der Waals surface area contributed by atoms with Crippen LogP contribution in [0.25, 0.3) is 0 Å². The molecule has 1 amide bonds. The number of rotatable bonds is 12. The molecule has 0 atom stereocenters. The van der Waals surface area contributed by atoms with Crippen molar-refractivity contribution >= 4 is 29.8 Å². The Balaban J connectivity index is 0.00000361. The number of aryl methyl sites for hydroxylation is 1. The maximum Gasteiger partial charge on any atom is 0.258 e. The molecule has 0 aromatic heterocycles. The highest BCUT2D eigenvalue weighted by atomic mass is 35.5. The molecule has 0 saturated heterocycles. The number of fused-ring (bicyclic) bond motifs is 1. The maximum atomic E-state index is 12.8. The first-order valence-corrected chi connectivity index (χ1v) is 12.5. The fourth-order valence-corrected chi connectivity index (χ4v) is 4.64. The molecule has 0 radical (unpaired) electrons. The number of unbranched alkanes of at least 4 members (excludes halogenated alkanes) is 1. The standard InChI is InChI=1S/C30H34N2O3.ClH/c1-35-29-15-6-5-10-23(29)13-9-20-31-19-8-7-14-28(33)26-16-17-27-25(22-26)18-21-32(27)30(34)24-11-3-2-4-12-24;/h2-6,10-12,15-17,22,31H,7-9,13-14,18-21H2,1H3;1H. The summed E-state index contributed by atoms with van der Waals surface area (Å²) in [7, 11) is 1.71. The molecule has 0 saturated carbocycles. The second-order valence-corrected chi connectivity index (χ2v) is 8.96. The van der Waals surface area contributed by atoms with Crippen molar-refractivity contribution in [3.8, 4) is 5.75 Å². The van der Waals surface area contributed by atoms with Crippen molar-refractivity contribution in [2.45, 2.75) is 38.5 Å². The van der Waals surface area contributed by atoms with E-state index < -0.39 is 0 Å². The highest BCUT2D eigenvalue weighted by molar-refractivity contribution is 6.07. The van der Waals surface area contributed by atoms with Crippen LogP contribution in [0.1, 0.15) is 57.5 Å². The second kappa shape index (κ2) is 13.8. The number of carbonyl (C=O) groups excluding carboxylic acids is 2. The van der Waals surface area contributed by atoms with E-state index in [0.717, 1.165) is 67.8 Å². The molecule has 0 spiro atoms. The minimum absolute atomic E-state index is 0. The number of ether oxygens (including phenoxy) is 1. The van der Waals surface area contributed by atoms with Gasteiger partial charge in [-0.1, -0.05) is 36.4 Å². The summed E-state index contributed by atoms with van der Waals surface area (Å²) >= 11 is 0. The predicted octanol–water partition coefficient (Wildman–Crippen LogP) is 5.90. The Morgan fingerprint density at radius 3 is 2.44 bits per heavy atom. The SMILES string of the molecule is COc1ccccc1CCCNCCCCC(=O)c1ccc2c(c1)CCN2C(=O)c1ccccc1.Cl. The highest BCUT2D eigenvalue weighted by Gasteiger charge is 2.26. The molecular weight excluding hydrogens is 472 g/mol. The van der Waals surface area contributed by atoms with Gasteiger partial charge in [0.05, 0.1) is 7.11 Å². The molecule has 6 heteroatoms. The molecule has 5 nitrogen and oxygen atoms in total. The van der Waals surface area contributed by atoms with Gasteiger partial charge >= 0.3 is 0 Å². The summed E-state index contributed by atoms with van der Waals surface area (Å²) in [6, 6.07) is 23.3. The number of benzene rings is 3. The van der Waals surface area contributed by atoms with Crippen molar-refractivity contribution in [2.24, 2.45) is 0 Å². The smallest absolute Gasteiger partial charge is 0.258 e. The van der Waals surface area contributed by atoms with Gasteiger partial charge in [-0.15, -0.1) is 12.4 Å². The summed E-state index contributed by atoms with van der Waals surface area (Å²) in [5.74, 6) is 1.14. The normalized spacial score (nSPS) is 12.1. The first-order chi connectivity index (χ1) is 17.2. The Morgan fingerprint density at radius 2 is 1.64 bits per heavy atom. The van der Waals surface area contributed by atoms with Gasteiger partial charge in [-0.05, 0) is 92.7 Å². The van der Waals surface area contributed by atoms with Crippen LogP contribution in [-0.2, 0) is 12.8 Å². The number of Topliss-reactive ketones (excluding diaryl/α,β-unsaturated/α-hetero) is 1. The van der Waals surface area contributed by atoms with E-state index in [9.17, 15) is 9.59 Å². The maximum absolute atomic E-state index is 12.8. The van der Waals surface area contributed by atoms with Crippen molar-refractivity contribution in [2.75, 3.05) is 31.6 Å². The number of amides is 1. The average Bonchev–Trinajstić information content (AvgIpc) is 3.33. The van der Waals surface area contributed by atoms with Crippen LogP contribution in [-0.4, -0.2) is 38.4 Å². The van der Waals surface area contributed by atoms with E-state index in [1.165, 1.54) is 5.56 Å². The van der Waals surface area contributed by atoms with Crippen molar-refractivity contribution in [1.29, 1.82) is 0 Å². The lowest BCUT2D eigenvalue weighted by atomic mass is 10.0. The molecule has 36 heavy (non-hydrogen) atoms. The van der Waals surface area contributed by atoms with Crippen LogP contribution in [0.15, 0.2) is 72.8 Å². The molecule has 0 unspecified atom stereocenters. The first kappa shape index (κ1) is 27.4. The van der Waals surface area contributed by atoms with Crippen molar-refractivity contribution in [3.05, 3.63) is 95.1 Å². The Hall–Kier alpha value is -3.15. The molecule has 0 aliphatic carbocycles. The third-order valence-electron chi connectivity index (χ3n) is 6.56. The summed E-state index contributed by atoms with van der Waals surface area (Å²) in [6.45, 7) is 2.53. The fourth-order valence-electron chi connectivity index (χ4n) is 4.64. The Bertz CT molecular complexity index is 1150. The van der Waals surface area contributed by atoms with Crippen molar-refractivity contribution in [3.63, 3.8) is 0 Å². The number of anilines is 1. The van der Waals surface area contributed by atoms with E-state index in [4.69, 9.17) is 4.74 Å². The monoisotopic (exact) mass is 506 g/mol. The van der Waals surface area contributed by atoms with Gasteiger partial charge < -0.3 is 15.0 Å². The third-order valence-corrected chi connectivity index (χ3v) is 6.56. The van der Waals surface area contributed by atoms with Crippen LogP contribution in [0.2, 0.25) is 0 Å². The average molecular weight is 507 g/mol. The molecule has 190 valence electrons. The molecule has 4 rings (SSSR count). The number of para-hydroxylation sites is 1. The quantitative estimate of drug-likeness (QED) is 0.245. The summed E-state index contributed by atoms with van der Waals surface area (Å²) in [5, 5.41) is 3.48. The molecule has 0 bridgehead atoms. The summed E-state index contributed by atoms with van der Waals surface area (Å²) in [4.78, 5) is 27.4. The Labute approximate surface area is 220 Å². The second-order valence-electron chi connectivity index (χ2n) is 8.96. The summed E-state index contributed by atoms with van der Waals surface area (Å²) in [5.41, 5.74) is 4.69. The van der Waals surface area contributed by atoms with Gasteiger partial charge in [-0.2, -0.15) is 0 Å². The van der Waals surface area contributed by atoms with Gasteiger partial charge in [0.25, 0.3) is 5.91 Å². The lowest BCUT2D eigenvalue weighted by Gasteiger charge is -2.17. The van der Waals surface area contributed by atoms with Gasteiger partial charge in [0.15, 0.2) is 5.78 Å². The molecule has 0 fully saturated rings. The Morgan fingerprint density at radius 1 is 0.889 bits per heavy atom. The van der Waals surface area contributed by atoms with Crippen LogP contribution in [0.5, 0.6) is 5.75 Å². The number of halogens is 1. The molecule has 1 N–H and O–H groups in total. The third kappa shape index (κ3) is 6.96. The van der Waals surface area contributed by atoms with E-state index in [2.05, 4.69) is 11.4 Å². The first-order valence-electron chi connectivity index (χ1n) is 12.5. The zero-order valence-electron chi connectivity index (χ0n) is 20.9. The molecule has 1 aliphatic rings. The van der Waals surface area contributed by atoms with E-state index in [-0.39, 0.29) is 24.1 Å². The van der Waals surface area contributed by atoms with Gasteiger partial charge in [-0.25, -0.2) is 0 Å². The van der Waals surface area contributed by atoms with E-state index in [0.29, 0.717) is 18.5 Å². The number of nitrogens with one attached hydrogen (secondary N) is 1. The van der Waals surface area contributed by atoms with Gasteiger partial charge in [-0.3, -0.25) is 9.59 Å². The lowest BCUT2D eigenvalue weighted by Crippen LogP contribution is -2.28. The Kier molecular flexibility index (Phi) is 10.5. The molecular formula is C30H35ClN2O3. The number of carbonyl (C=O) groups is 2. The predicted molar refractivity (Wildman–Crippen MR) is 148 cm³/mol. The minimum Gasteiger partial charge on any atom is -0.496 e. The minimum atomic E-state index is 0. The number of nitrogens with zero attached hydrogens (tertiary/aromatic N) is 1. The van der Waals surface area contributed by atoms with Gasteiger partial charge in [0, 0.05) is 29.8 Å². The number of methoxy groups -OCH3 is 1. The topological polar surface area (TPSA) is 58.6 Å². The fraction of sp³-hybridized carbons (Fsp3) is 0.333. The van der Waals surface area contributed by atoms with Crippen molar-refractivity contribution < 1.29 is 14.3 Å². The van der Waals surface area contributed by atoms with E-state index in [1.807, 2.05) is 71.6 Å². The van der Waals surface area contributed by atoms with Gasteiger partial charge in [0.1, 0.15) is 5.75 Å². The number of ketones is 1. The number of hydrogen-bond donors (Lipinski definition) is 1. The largest absolute Gasteiger partial charge is 0.496 e. The zero-order valence-corrected chi connectivity index (χ0v) is 21.7. The summed E-state index contributed by atoms with van der Waals surface area (Å²) in [6.07, 6.45) is 5.22. The summed E-state index contributed by atoms with van der Waals surface area (Å²) < 4.78 is 5.40. The lowest BCUT2D eigenvalue weighted by molar-refractivity contribution is 0.0975. The van der Waals surface area contributed by atoms with Crippen LogP contribution in [0, 0.1) is 0 Å². The molecule has 1 heterocycles. The van der Waals surface area contributed by atoms with E-state index in [1.54, 1.807) is 7.11 Å². The van der Waals surface area contributed by atoms with Crippen LogP contribution in [0.3, 0.4) is 0 Å². The number of hydrogen-bond acceptors (Lipinski definition) is 4. The van der Waals surface area contributed by atoms with Crippen molar-refractivity contribution in [1.82, 2.24) is 5.32 Å². The molecule has 3 aromatic rings. The zero-order chi connectivity index (χ0) is 24.5. The van der Waals surface area contributed by atoms with Crippen LogP contribution >= 0.6 is 12.4 Å². The molecule has 3 aromatic carbocycles. The highest BCUT2D eigenvalue weighted by Crippen LogP contribution is 2.30.